The van der Waals surface area contributed by atoms with E-state index < -0.39 is 0 Å². The Kier molecular flexibility index (Phi) is 3.59. The lowest BCUT2D eigenvalue weighted by Crippen LogP contribution is -2.03. The lowest BCUT2D eigenvalue weighted by Gasteiger charge is -1.98. The highest BCUT2D eigenvalue weighted by Crippen LogP contribution is 2.22. The van der Waals surface area contributed by atoms with Crippen LogP contribution in [0.3, 0.4) is 0 Å². The van der Waals surface area contributed by atoms with Crippen molar-refractivity contribution in [2.45, 2.75) is 25.9 Å². The number of aromatic nitrogens is 3. The molecule has 0 aliphatic rings. The average molecular weight is 299 g/mol. The molecule has 2 N–H and O–H groups in total. The van der Waals surface area contributed by atoms with E-state index in [1.165, 1.54) is 17.3 Å². The summed E-state index contributed by atoms with van der Waals surface area (Å²) in [7, 11) is 0. The minimum absolute atomic E-state index is 0.124. The van der Waals surface area contributed by atoms with Crippen LogP contribution in [0.25, 0.3) is 11.0 Å². The Hall–Kier alpha value is -2.01. The number of benzene rings is 1. The number of aromatic amines is 2. The summed E-state index contributed by atoms with van der Waals surface area (Å²) in [6.45, 7) is 5.93. The maximum Gasteiger partial charge on any atom is 0.174 e. The SMILES string of the molecule is Cc1ccc2nc(SCC(=O)c3cc(C)[nH]c3C)[nH]c2c1. The number of nitrogens with zero attached hydrogens (tertiary/aromatic N) is 1. The molecule has 21 heavy (non-hydrogen) atoms. The minimum Gasteiger partial charge on any atom is -0.362 e. The molecular weight excluding hydrogens is 282 g/mol. The Bertz CT molecular complexity index is 816. The molecule has 1 aromatic carbocycles. The van der Waals surface area contributed by atoms with Crippen molar-refractivity contribution < 1.29 is 4.79 Å². The number of Topliss-reactive ketones (excluding diaryl/α,β-unsaturated/α-hetero) is 1. The van der Waals surface area contributed by atoms with Crippen LogP contribution in [-0.2, 0) is 0 Å². The summed E-state index contributed by atoms with van der Waals surface area (Å²) in [5.74, 6) is 0.509. The molecule has 0 fully saturated rings. The molecule has 0 radical (unpaired) electrons. The molecule has 4 nitrogen and oxygen atoms in total. The number of thioether (sulfide) groups is 1. The van der Waals surface area contributed by atoms with Crippen molar-refractivity contribution >= 4 is 28.6 Å². The van der Waals surface area contributed by atoms with E-state index in [1.54, 1.807) is 0 Å². The van der Waals surface area contributed by atoms with E-state index in [1.807, 2.05) is 39.0 Å². The Balaban J connectivity index is 1.74. The van der Waals surface area contributed by atoms with Crippen LogP contribution < -0.4 is 0 Å². The van der Waals surface area contributed by atoms with Gasteiger partial charge in [-0.1, -0.05) is 17.8 Å². The van der Waals surface area contributed by atoms with Gasteiger partial charge in [-0.2, -0.15) is 0 Å². The van der Waals surface area contributed by atoms with Crippen LogP contribution in [0.15, 0.2) is 29.4 Å². The van der Waals surface area contributed by atoms with E-state index in [0.29, 0.717) is 5.75 Å². The minimum atomic E-state index is 0.124. The number of fused-ring (bicyclic) bond motifs is 1. The van der Waals surface area contributed by atoms with Crippen molar-refractivity contribution in [3.05, 3.63) is 46.8 Å². The van der Waals surface area contributed by atoms with E-state index in [0.717, 1.165) is 33.1 Å². The van der Waals surface area contributed by atoms with Crippen LogP contribution >= 0.6 is 11.8 Å². The van der Waals surface area contributed by atoms with Gasteiger partial charge in [0.25, 0.3) is 0 Å². The smallest absolute Gasteiger partial charge is 0.174 e. The molecule has 0 spiro atoms. The predicted molar refractivity (Wildman–Crippen MR) is 86.2 cm³/mol. The third-order valence-electron chi connectivity index (χ3n) is 3.41. The van der Waals surface area contributed by atoms with Crippen LogP contribution in [0, 0.1) is 20.8 Å². The second-order valence-electron chi connectivity index (χ2n) is 5.27. The Labute approximate surface area is 127 Å². The Morgan fingerprint density at radius 1 is 1.19 bits per heavy atom. The molecule has 0 bridgehead atoms. The molecule has 3 rings (SSSR count). The first-order valence-corrected chi connectivity index (χ1v) is 7.80. The first-order chi connectivity index (χ1) is 10.0. The zero-order chi connectivity index (χ0) is 15.0. The van der Waals surface area contributed by atoms with Gasteiger partial charge in [0, 0.05) is 17.0 Å². The van der Waals surface area contributed by atoms with Crippen molar-refractivity contribution in [1.82, 2.24) is 15.0 Å². The standard InChI is InChI=1S/C16H17N3OS/c1-9-4-5-13-14(6-9)19-16(18-13)21-8-15(20)12-7-10(2)17-11(12)3/h4-7,17H,8H2,1-3H3,(H,18,19). The topological polar surface area (TPSA) is 61.5 Å². The fourth-order valence-corrected chi connectivity index (χ4v) is 3.16. The molecule has 108 valence electrons. The van der Waals surface area contributed by atoms with Gasteiger partial charge in [-0.25, -0.2) is 4.98 Å². The highest BCUT2D eigenvalue weighted by Gasteiger charge is 2.13. The predicted octanol–water partition coefficient (Wildman–Crippen LogP) is 3.79. The monoisotopic (exact) mass is 299 g/mol. The van der Waals surface area contributed by atoms with Gasteiger partial charge < -0.3 is 9.97 Å². The fourth-order valence-electron chi connectivity index (χ4n) is 2.39. The third-order valence-corrected chi connectivity index (χ3v) is 4.28. The van der Waals surface area contributed by atoms with E-state index in [-0.39, 0.29) is 5.78 Å². The van der Waals surface area contributed by atoms with Crippen LogP contribution in [-0.4, -0.2) is 26.5 Å². The number of imidazole rings is 1. The first-order valence-electron chi connectivity index (χ1n) is 6.81. The van der Waals surface area contributed by atoms with Crippen LogP contribution in [0.1, 0.15) is 27.3 Å². The molecule has 0 unspecified atom stereocenters. The van der Waals surface area contributed by atoms with Gasteiger partial charge in [0.1, 0.15) is 0 Å². The fraction of sp³-hybridized carbons (Fsp3) is 0.250. The molecular formula is C16H17N3OS. The number of rotatable bonds is 4. The molecule has 3 aromatic rings. The van der Waals surface area contributed by atoms with Crippen molar-refractivity contribution in [2.24, 2.45) is 0 Å². The zero-order valence-electron chi connectivity index (χ0n) is 12.3. The Morgan fingerprint density at radius 3 is 2.71 bits per heavy atom. The number of hydrogen-bond acceptors (Lipinski definition) is 3. The summed E-state index contributed by atoms with van der Waals surface area (Å²) in [5.41, 5.74) is 5.85. The molecule has 5 heteroatoms. The third kappa shape index (κ3) is 2.88. The molecule has 0 aliphatic carbocycles. The molecule has 2 heterocycles. The van der Waals surface area contributed by atoms with Gasteiger partial charge in [-0.15, -0.1) is 0 Å². The number of carbonyl (C=O) groups is 1. The summed E-state index contributed by atoms with van der Waals surface area (Å²) in [4.78, 5) is 23.1. The number of H-pyrrole nitrogens is 2. The quantitative estimate of drug-likeness (QED) is 0.569. The number of nitrogens with one attached hydrogen (secondary N) is 2. The normalized spacial score (nSPS) is 11.2. The van der Waals surface area contributed by atoms with Crippen LogP contribution in [0.4, 0.5) is 0 Å². The molecule has 0 saturated carbocycles. The van der Waals surface area contributed by atoms with Crippen molar-refractivity contribution in [3.63, 3.8) is 0 Å². The van der Waals surface area contributed by atoms with Gasteiger partial charge in [0.15, 0.2) is 10.9 Å². The molecule has 0 atom stereocenters. The summed E-state index contributed by atoms with van der Waals surface area (Å²) in [6, 6.07) is 8.00. The number of aryl methyl sites for hydroxylation is 3. The largest absolute Gasteiger partial charge is 0.362 e. The van der Waals surface area contributed by atoms with E-state index >= 15 is 0 Å². The summed E-state index contributed by atoms with van der Waals surface area (Å²) < 4.78 is 0. The van der Waals surface area contributed by atoms with Gasteiger partial charge in [-0.3, -0.25) is 4.79 Å². The van der Waals surface area contributed by atoms with E-state index in [9.17, 15) is 4.79 Å². The van der Waals surface area contributed by atoms with Gasteiger partial charge in [0.2, 0.25) is 0 Å². The lowest BCUT2D eigenvalue weighted by molar-refractivity contribution is 0.102. The summed E-state index contributed by atoms with van der Waals surface area (Å²) >= 11 is 1.44. The van der Waals surface area contributed by atoms with Crippen molar-refractivity contribution in [1.29, 1.82) is 0 Å². The maximum atomic E-state index is 12.2. The molecule has 2 aromatic heterocycles. The van der Waals surface area contributed by atoms with Gasteiger partial charge in [-0.05, 0) is 44.5 Å². The van der Waals surface area contributed by atoms with Crippen molar-refractivity contribution in [2.75, 3.05) is 5.75 Å². The number of hydrogen-bond donors (Lipinski definition) is 2. The second kappa shape index (κ2) is 5.41. The van der Waals surface area contributed by atoms with Gasteiger partial charge in [0.05, 0.1) is 16.8 Å². The molecule has 0 amide bonds. The second-order valence-corrected chi connectivity index (χ2v) is 6.23. The maximum absolute atomic E-state index is 12.2. The zero-order valence-corrected chi connectivity index (χ0v) is 13.1. The molecule has 0 aliphatic heterocycles. The highest BCUT2D eigenvalue weighted by molar-refractivity contribution is 7.99. The van der Waals surface area contributed by atoms with Crippen molar-refractivity contribution in [3.8, 4) is 0 Å². The first kappa shape index (κ1) is 13.9. The average Bonchev–Trinajstić information content (AvgIpc) is 2.98. The Morgan fingerprint density at radius 2 is 2.00 bits per heavy atom. The van der Waals surface area contributed by atoms with Crippen LogP contribution in [0.5, 0.6) is 0 Å². The summed E-state index contributed by atoms with van der Waals surface area (Å²) in [5, 5.41) is 0.786. The summed E-state index contributed by atoms with van der Waals surface area (Å²) in [6.07, 6.45) is 0. The van der Waals surface area contributed by atoms with E-state index in [4.69, 9.17) is 0 Å². The van der Waals surface area contributed by atoms with E-state index in [2.05, 4.69) is 21.0 Å². The van der Waals surface area contributed by atoms with Gasteiger partial charge >= 0.3 is 0 Å². The molecule has 0 saturated heterocycles. The lowest BCUT2D eigenvalue weighted by atomic mass is 10.2. The van der Waals surface area contributed by atoms with Crippen LogP contribution in [0.2, 0.25) is 0 Å². The number of ketones is 1. The highest BCUT2D eigenvalue weighted by atomic mass is 32.2. The number of carbonyl (C=O) groups excluding carboxylic acids is 1.